The molecule has 6 heteroatoms. The molecule has 1 N–H and O–H groups in total. The first-order valence-corrected chi connectivity index (χ1v) is 8.56. The summed E-state index contributed by atoms with van der Waals surface area (Å²) >= 11 is 5.86. The summed E-state index contributed by atoms with van der Waals surface area (Å²) in [4.78, 5) is 14.4. The number of carbonyl (C=O) groups is 1. The summed E-state index contributed by atoms with van der Waals surface area (Å²) in [6.07, 6.45) is 0. The van der Waals surface area contributed by atoms with Crippen LogP contribution in [0.3, 0.4) is 0 Å². The molecule has 5 nitrogen and oxygen atoms in total. The Hall–Kier alpha value is -2.24. The third-order valence-electron chi connectivity index (χ3n) is 4.19. The zero-order valence-electron chi connectivity index (χ0n) is 14.3. The smallest absolute Gasteiger partial charge is 0.241 e. The lowest BCUT2D eigenvalue weighted by molar-refractivity contribution is -0.120. The van der Waals surface area contributed by atoms with Crippen LogP contribution in [0.4, 0.5) is 5.69 Å². The fraction of sp³-hybridized carbons (Fsp3) is 0.316. The Morgan fingerprint density at radius 3 is 2.56 bits per heavy atom. The van der Waals surface area contributed by atoms with Crippen LogP contribution in [-0.2, 0) is 11.3 Å². The maximum Gasteiger partial charge on any atom is 0.241 e. The monoisotopic (exact) mass is 360 g/mol. The van der Waals surface area contributed by atoms with Gasteiger partial charge in [0.25, 0.3) is 0 Å². The highest BCUT2D eigenvalue weighted by atomic mass is 35.5. The molecule has 3 rings (SSSR count). The van der Waals surface area contributed by atoms with Gasteiger partial charge in [-0.1, -0.05) is 17.7 Å². The number of hydrogen-bond donors (Lipinski definition) is 1. The van der Waals surface area contributed by atoms with E-state index in [2.05, 4.69) is 5.32 Å². The van der Waals surface area contributed by atoms with Gasteiger partial charge in [-0.05, 0) is 55.9 Å². The van der Waals surface area contributed by atoms with Crippen LogP contribution in [0.5, 0.6) is 11.5 Å². The molecule has 25 heavy (non-hydrogen) atoms. The Kier molecular flexibility index (Phi) is 5.46. The van der Waals surface area contributed by atoms with Crippen molar-refractivity contribution in [2.45, 2.75) is 19.5 Å². The molecule has 0 saturated heterocycles. The van der Waals surface area contributed by atoms with Crippen molar-refractivity contribution in [3.8, 4) is 11.5 Å². The summed E-state index contributed by atoms with van der Waals surface area (Å²) in [5, 5.41) is 3.54. The predicted molar refractivity (Wildman–Crippen MR) is 98.4 cm³/mol. The van der Waals surface area contributed by atoms with Crippen LogP contribution in [0, 0.1) is 0 Å². The second-order valence-electron chi connectivity index (χ2n) is 6.07. The lowest BCUT2D eigenvalue weighted by Crippen LogP contribution is -2.39. The molecule has 0 aliphatic carbocycles. The van der Waals surface area contributed by atoms with E-state index in [4.69, 9.17) is 21.1 Å². The van der Waals surface area contributed by atoms with Crippen LogP contribution in [0.15, 0.2) is 42.5 Å². The van der Waals surface area contributed by atoms with Crippen LogP contribution in [0.1, 0.15) is 12.5 Å². The van der Waals surface area contributed by atoms with E-state index in [1.807, 2.05) is 37.1 Å². The highest BCUT2D eigenvalue weighted by Crippen LogP contribution is 2.31. The van der Waals surface area contributed by atoms with Crippen molar-refractivity contribution in [1.29, 1.82) is 0 Å². The fourth-order valence-corrected chi connectivity index (χ4v) is 2.72. The molecule has 0 fully saturated rings. The lowest BCUT2D eigenvalue weighted by atomic mass is 10.1. The second-order valence-corrected chi connectivity index (χ2v) is 6.50. The van der Waals surface area contributed by atoms with Gasteiger partial charge in [0.05, 0.1) is 6.04 Å². The van der Waals surface area contributed by atoms with Gasteiger partial charge in [0.15, 0.2) is 11.5 Å². The van der Waals surface area contributed by atoms with Crippen molar-refractivity contribution in [3.63, 3.8) is 0 Å². The van der Waals surface area contributed by atoms with E-state index < -0.39 is 0 Å². The Bertz CT molecular complexity index is 749. The molecule has 2 aromatic rings. The lowest BCUT2D eigenvalue weighted by Gasteiger charge is -2.25. The number of ether oxygens (including phenoxy) is 2. The summed E-state index contributed by atoms with van der Waals surface area (Å²) in [6, 6.07) is 12.7. The minimum Gasteiger partial charge on any atom is -0.486 e. The van der Waals surface area contributed by atoms with Gasteiger partial charge in [-0.2, -0.15) is 0 Å². The summed E-state index contributed by atoms with van der Waals surface area (Å²) in [7, 11) is 1.92. The van der Waals surface area contributed by atoms with Crippen LogP contribution in [0.2, 0.25) is 5.02 Å². The summed E-state index contributed by atoms with van der Waals surface area (Å²) in [6.45, 7) is 3.65. The van der Waals surface area contributed by atoms with Crippen LogP contribution in [0.25, 0.3) is 0 Å². The number of halogens is 1. The summed E-state index contributed by atoms with van der Waals surface area (Å²) in [5.41, 5.74) is 1.80. The quantitative estimate of drug-likeness (QED) is 0.885. The van der Waals surface area contributed by atoms with Crippen molar-refractivity contribution in [2.24, 2.45) is 0 Å². The summed E-state index contributed by atoms with van der Waals surface area (Å²) < 4.78 is 11.1. The number of fused-ring (bicyclic) bond motifs is 1. The van der Waals surface area contributed by atoms with E-state index >= 15 is 0 Å². The van der Waals surface area contributed by atoms with Crippen molar-refractivity contribution < 1.29 is 14.3 Å². The van der Waals surface area contributed by atoms with E-state index in [9.17, 15) is 4.79 Å². The molecule has 0 unspecified atom stereocenters. The van der Waals surface area contributed by atoms with Gasteiger partial charge < -0.3 is 14.8 Å². The number of nitrogens with zero attached hydrogens (tertiary/aromatic N) is 1. The van der Waals surface area contributed by atoms with Gasteiger partial charge in [-0.15, -0.1) is 0 Å². The Morgan fingerprint density at radius 2 is 1.84 bits per heavy atom. The molecule has 132 valence electrons. The molecular weight excluding hydrogens is 340 g/mol. The molecule has 1 atom stereocenters. The fourth-order valence-electron chi connectivity index (χ4n) is 2.59. The molecule has 2 aromatic carbocycles. The van der Waals surface area contributed by atoms with Crippen molar-refractivity contribution >= 4 is 23.2 Å². The van der Waals surface area contributed by atoms with Gasteiger partial charge in [0.2, 0.25) is 5.91 Å². The Labute approximate surface area is 152 Å². The topological polar surface area (TPSA) is 50.8 Å². The van der Waals surface area contributed by atoms with Gasteiger partial charge >= 0.3 is 0 Å². The minimum atomic E-state index is -0.288. The molecule has 1 aliphatic heterocycles. The standard InChI is InChI=1S/C19H21ClN2O3/c1-13(19(23)21-16-6-4-15(20)5-7-16)22(2)12-14-3-8-17-18(11-14)25-10-9-24-17/h3-8,11,13H,9-10,12H2,1-2H3,(H,21,23)/t13-/m0/s1. The second kappa shape index (κ2) is 7.76. The number of anilines is 1. The number of hydrogen-bond acceptors (Lipinski definition) is 4. The third kappa shape index (κ3) is 4.44. The molecule has 0 saturated carbocycles. The van der Waals surface area contributed by atoms with Crippen molar-refractivity contribution in [2.75, 3.05) is 25.6 Å². The van der Waals surface area contributed by atoms with Gasteiger partial charge in [0.1, 0.15) is 13.2 Å². The number of nitrogens with one attached hydrogen (secondary N) is 1. The number of rotatable bonds is 5. The first-order valence-electron chi connectivity index (χ1n) is 8.18. The average molecular weight is 361 g/mol. The molecule has 0 aromatic heterocycles. The number of benzene rings is 2. The first-order chi connectivity index (χ1) is 12.0. The van der Waals surface area contributed by atoms with Crippen LogP contribution in [-0.4, -0.2) is 37.1 Å². The molecule has 1 amide bonds. The number of amides is 1. The van der Waals surface area contributed by atoms with Crippen LogP contribution >= 0.6 is 11.6 Å². The SMILES string of the molecule is C[C@@H](C(=O)Nc1ccc(Cl)cc1)N(C)Cc1ccc2c(c1)OCCO2. The van der Waals surface area contributed by atoms with E-state index in [1.54, 1.807) is 24.3 Å². The van der Waals surface area contributed by atoms with Gasteiger partial charge in [0, 0.05) is 17.3 Å². The maximum absolute atomic E-state index is 12.4. The number of carbonyl (C=O) groups excluding carboxylic acids is 1. The summed E-state index contributed by atoms with van der Waals surface area (Å²) in [5.74, 6) is 1.46. The Balaban J connectivity index is 1.60. The Morgan fingerprint density at radius 1 is 1.16 bits per heavy atom. The van der Waals surface area contributed by atoms with E-state index in [0.717, 1.165) is 22.7 Å². The molecule has 0 spiro atoms. The predicted octanol–water partition coefficient (Wildman–Crippen LogP) is 3.57. The van der Waals surface area contributed by atoms with Gasteiger partial charge in [-0.25, -0.2) is 0 Å². The zero-order chi connectivity index (χ0) is 17.8. The molecule has 1 aliphatic rings. The third-order valence-corrected chi connectivity index (χ3v) is 4.44. The van der Waals surface area contributed by atoms with Crippen molar-refractivity contribution in [3.05, 3.63) is 53.1 Å². The van der Waals surface area contributed by atoms with Gasteiger partial charge in [-0.3, -0.25) is 9.69 Å². The minimum absolute atomic E-state index is 0.0673. The molecule has 0 radical (unpaired) electrons. The molecule has 1 heterocycles. The maximum atomic E-state index is 12.4. The van der Waals surface area contributed by atoms with E-state index in [-0.39, 0.29) is 11.9 Å². The molecular formula is C19H21ClN2O3. The highest BCUT2D eigenvalue weighted by Gasteiger charge is 2.19. The van der Waals surface area contributed by atoms with E-state index in [1.165, 1.54) is 0 Å². The first kappa shape index (κ1) is 17.6. The average Bonchev–Trinajstić information content (AvgIpc) is 2.62. The molecule has 0 bridgehead atoms. The largest absolute Gasteiger partial charge is 0.486 e. The van der Waals surface area contributed by atoms with Crippen LogP contribution < -0.4 is 14.8 Å². The zero-order valence-corrected chi connectivity index (χ0v) is 15.0. The normalized spacial score (nSPS) is 14.2. The highest BCUT2D eigenvalue weighted by molar-refractivity contribution is 6.30. The number of likely N-dealkylation sites (N-methyl/N-ethyl adjacent to an activating group) is 1. The van der Waals surface area contributed by atoms with Crippen molar-refractivity contribution in [1.82, 2.24) is 4.90 Å². The van der Waals surface area contributed by atoms with E-state index in [0.29, 0.717) is 24.8 Å².